The number of hydrogen-bond acceptors (Lipinski definition) is 4. The molecule has 0 aliphatic carbocycles. The maximum Gasteiger partial charge on any atom is 0.245 e. The fourth-order valence-corrected chi connectivity index (χ4v) is 3.96. The van der Waals surface area contributed by atoms with E-state index < -0.39 is 16.1 Å². The zero-order chi connectivity index (χ0) is 13.2. The highest BCUT2D eigenvalue weighted by molar-refractivity contribution is 7.89. The predicted molar refractivity (Wildman–Crippen MR) is 67.0 cm³/mol. The van der Waals surface area contributed by atoms with Crippen LogP contribution in [-0.2, 0) is 14.8 Å². The smallest absolute Gasteiger partial charge is 0.245 e. The Balaban J connectivity index is 2.39. The Morgan fingerprint density at radius 1 is 1.44 bits per heavy atom. The van der Waals surface area contributed by atoms with Gasteiger partial charge in [0.15, 0.2) is 0 Å². The Morgan fingerprint density at radius 3 is 2.83 bits per heavy atom. The second-order valence-electron chi connectivity index (χ2n) is 3.96. The molecule has 1 heterocycles. The van der Waals surface area contributed by atoms with Gasteiger partial charge in [0.25, 0.3) is 0 Å². The fraction of sp³-hybridized carbons (Fsp3) is 0.455. The summed E-state index contributed by atoms with van der Waals surface area (Å²) < 4.78 is 31.3. The average Bonchev–Trinajstić information content (AvgIpc) is 2.39. The number of rotatable bonds is 3. The third-order valence-electron chi connectivity index (χ3n) is 2.81. The molecule has 1 fully saturated rings. The van der Waals surface area contributed by atoms with Crippen LogP contribution in [0.2, 0.25) is 5.02 Å². The zero-order valence-electron chi connectivity index (χ0n) is 9.62. The topological polar surface area (TPSA) is 66.8 Å². The van der Waals surface area contributed by atoms with Gasteiger partial charge in [0.1, 0.15) is 4.90 Å². The van der Waals surface area contributed by atoms with Crippen molar-refractivity contribution in [2.75, 3.05) is 26.4 Å². The maximum atomic E-state index is 12.5. The highest BCUT2D eigenvalue weighted by atomic mass is 35.5. The molecule has 1 atom stereocenters. The maximum absolute atomic E-state index is 12.5. The van der Waals surface area contributed by atoms with Gasteiger partial charge in [-0.05, 0) is 12.1 Å². The number of hydrogen-bond donors (Lipinski definition) is 1. The molecule has 0 bridgehead atoms. The molecular weight excluding hydrogens is 278 g/mol. The number of aliphatic hydroxyl groups is 1. The van der Waals surface area contributed by atoms with Gasteiger partial charge >= 0.3 is 0 Å². The summed E-state index contributed by atoms with van der Waals surface area (Å²) in [5.41, 5.74) is 0. The first-order valence-electron chi connectivity index (χ1n) is 5.52. The van der Waals surface area contributed by atoms with Crippen LogP contribution in [0, 0.1) is 0 Å². The Kier molecular flexibility index (Phi) is 4.24. The van der Waals surface area contributed by atoms with Crippen molar-refractivity contribution in [3.05, 3.63) is 29.3 Å². The Morgan fingerprint density at radius 2 is 2.17 bits per heavy atom. The van der Waals surface area contributed by atoms with Crippen molar-refractivity contribution in [1.82, 2.24) is 4.31 Å². The molecule has 1 N–H and O–H groups in total. The van der Waals surface area contributed by atoms with Gasteiger partial charge in [0, 0.05) is 6.54 Å². The second-order valence-corrected chi connectivity index (χ2v) is 6.22. The van der Waals surface area contributed by atoms with Crippen LogP contribution in [0.25, 0.3) is 0 Å². The van der Waals surface area contributed by atoms with Gasteiger partial charge in [-0.2, -0.15) is 4.31 Å². The van der Waals surface area contributed by atoms with Gasteiger partial charge < -0.3 is 9.84 Å². The minimum Gasteiger partial charge on any atom is -0.395 e. The Bertz CT molecular complexity index is 520. The SMILES string of the molecule is O=S(=O)(c1ccccc1Cl)N1CCOCC1CO. The molecule has 7 heteroatoms. The highest BCUT2D eigenvalue weighted by Gasteiger charge is 2.34. The first-order valence-corrected chi connectivity index (χ1v) is 7.34. The molecule has 0 amide bonds. The van der Waals surface area contributed by atoms with E-state index in [1.807, 2.05) is 0 Å². The fourth-order valence-electron chi connectivity index (χ4n) is 1.88. The van der Waals surface area contributed by atoms with Crippen molar-refractivity contribution in [2.24, 2.45) is 0 Å². The van der Waals surface area contributed by atoms with Crippen LogP contribution in [0.5, 0.6) is 0 Å². The van der Waals surface area contributed by atoms with E-state index in [0.717, 1.165) is 0 Å². The van der Waals surface area contributed by atoms with Crippen LogP contribution in [0.15, 0.2) is 29.2 Å². The van der Waals surface area contributed by atoms with Gasteiger partial charge in [-0.15, -0.1) is 0 Å². The van der Waals surface area contributed by atoms with Crippen molar-refractivity contribution in [1.29, 1.82) is 0 Å². The standard InChI is InChI=1S/C11H14ClNO4S/c12-10-3-1-2-4-11(10)18(15,16)13-5-6-17-8-9(13)7-14/h1-4,9,14H,5-8H2. The Labute approximate surface area is 111 Å². The van der Waals surface area contributed by atoms with Gasteiger partial charge in [-0.1, -0.05) is 23.7 Å². The molecule has 1 aliphatic heterocycles. The molecule has 2 rings (SSSR count). The third-order valence-corrected chi connectivity index (χ3v) is 5.26. The van der Waals surface area contributed by atoms with Crippen LogP contribution in [0.4, 0.5) is 0 Å². The number of ether oxygens (including phenoxy) is 1. The minimum absolute atomic E-state index is 0.0621. The summed E-state index contributed by atoms with van der Waals surface area (Å²) in [5.74, 6) is 0. The zero-order valence-corrected chi connectivity index (χ0v) is 11.2. The quantitative estimate of drug-likeness (QED) is 0.891. The molecule has 0 radical (unpaired) electrons. The van der Waals surface area contributed by atoms with E-state index >= 15 is 0 Å². The summed E-state index contributed by atoms with van der Waals surface area (Å²) >= 11 is 5.92. The van der Waals surface area contributed by atoms with Crippen molar-refractivity contribution in [2.45, 2.75) is 10.9 Å². The summed E-state index contributed by atoms with van der Waals surface area (Å²) in [6, 6.07) is 5.72. The molecule has 18 heavy (non-hydrogen) atoms. The van der Waals surface area contributed by atoms with Gasteiger partial charge in [0.2, 0.25) is 10.0 Å². The first-order chi connectivity index (χ1) is 8.57. The molecule has 1 aromatic rings. The molecule has 0 aromatic heterocycles. The van der Waals surface area contributed by atoms with Crippen molar-refractivity contribution in [3.8, 4) is 0 Å². The van der Waals surface area contributed by atoms with Crippen molar-refractivity contribution in [3.63, 3.8) is 0 Å². The molecule has 1 unspecified atom stereocenters. The first kappa shape index (κ1) is 13.8. The van der Waals surface area contributed by atoms with E-state index in [1.165, 1.54) is 16.4 Å². The summed E-state index contributed by atoms with van der Waals surface area (Å²) in [6.45, 7) is 0.461. The van der Waals surface area contributed by atoms with Crippen molar-refractivity contribution < 1.29 is 18.3 Å². The molecule has 1 saturated heterocycles. The number of nitrogens with zero attached hydrogens (tertiary/aromatic N) is 1. The van der Waals surface area contributed by atoms with Crippen molar-refractivity contribution >= 4 is 21.6 Å². The lowest BCUT2D eigenvalue weighted by molar-refractivity contribution is 0.0109. The molecule has 0 saturated carbocycles. The predicted octanol–water partition coefficient (Wildman–Crippen LogP) is 0.722. The lowest BCUT2D eigenvalue weighted by atomic mass is 10.3. The summed E-state index contributed by atoms with van der Waals surface area (Å²) in [7, 11) is -3.69. The molecular formula is C11H14ClNO4S. The summed E-state index contributed by atoms with van der Waals surface area (Å²) in [6.07, 6.45) is 0. The third kappa shape index (κ3) is 2.53. The molecule has 1 aliphatic rings. The van der Waals surface area contributed by atoms with Crippen LogP contribution in [0.1, 0.15) is 0 Å². The lowest BCUT2D eigenvalue weighted by Crippen LogP contribution is -2.50. The largest absolute Gasteiger partial charge is 0.395 e. The van der Waals surface area contributed by atoms with Gasteiger partial charge in [0.05, 0.1) is 30.9 Å². The average molecular weight is 292 g/mol. The van der Waals surface area contributed by atoms with E-state index in [2.05, 4.69) is 0 Å². The summed E-state index contributed by atoms with van der Waals surface area (Å²) in [5, 5.41) is 9.40. The van der Waals surface area contributed by atoms with Crippen LogP contribution < -0.4 is 0 Å². The number of morpholine rings is 1. The number of benzene rings is 1. The number of sulfonamides is 1. The van der Waals surface area contributed by atoms with E-state index in [0.29, 0.717) is 6.61 Å². The van der Waals surface area contributed by atoms with Gasteiger partial charge in [-0.25, -0.2) is 8.42 Å². The highest BCUT2D eigenvalue weighted by Crippen LogP contribution is 2.26. The van der Waals surface area contributed by atoms with E-state index in [-0.39, 0.29) is 29.7 Å². The molecule has 1 aromatic carbocycles. The van der Waals surface area contributed by atoms with E-state index in [9.17, 15) is 13.5 Å². The van der Waals surface area contributed by atoms with Crippen LogP contribution in [-0.4, -0.2) is 50.2 Å². The summed E-state index contributed by atoms with van der Waals surface area (Å²) in [4.78, 5) is 0.0621. The Hall–Kier alpha value is -0.660. The van der Waals surface area contributed by atoms with Crippen LogP contribution in [0.3, 0.4) is 0 Å². The van der Waals surface area contributed by atoms with E-state index in [1.54, 1.807) is 12.1 Å². The lowest BCUT2D eigenvalue weighted by Gasteiger charge is -2.33. The van der Waals surface area contributed by atoms with Gasteiger partial charge in [-0.3, -0.25) is 0 Å². The minimum atomic E-state index is -3.69. The number of aliphatic hydroxyl groups excluding tert-OH is 1. The monoisotopic (exact) mass is 291 g/mol. The normalized spacial score (nSPS) is 22.0. The number of halogens is 1. The molecule has 100 valence electrons. The molecule has 5 nitrogen and oxygen atoms in total. The molecule has 0 spiro atoms. The second kappa shape index (κ2) is 5.54. The van der Waals surface area contributed by atoms with E-state index in [4.69, 9.17) is 16.3 Å². The van der Waals surface area contributed by atoms with Crippen LogP contribution >= 0.6 is 11.6 Å².